The van der Waals surface area contributed by atoms with Crippen molar-refractivity contribution in [1.82, 2.24) is 0 Å². The van der Waals surface area contributed by atoms with E-state index in [0.29, 0.717) is 0 Å². The van der Waals surface area contributed by atoms with E-state index in [1.165, 1.54) is 0 Å². The van der Waals surface area contributed by atoms with E-state index in [0.717, 1.165) is 28.2 Å². The molecular weight excluding hydrogens is 316 g/mol. The fourth-order valence-corrected chi connectivity index (χ4v) is 0. The van der Waals surface area contributed by atoms with Gasteiger partial charge in [-0.05, 0) is 0 Å². The first-order valence-electron chi connectivity index (χ1n) is 0.204. The molecule has 21 valence electrons. The van der Waals surface area contributed by atoms with Crippen LogP contribution in [0.5, 0.6) is 0 Å². The molecule has 0 fully saturated rings. The number of hydrogen-bond donors (Lipinski definition) is 0. The summed E-state index contributed by atoms with van der Waals surface area (Å²) in [6.45, 7) is 0. The third-order valence-electron chi connectivity index (χ3n) is 0. The quantitative estimate of drug-likeness (QED) is 0.493. The van der Waals surface area contributed by atoms with E-state index in [-0.39, 0.29) is 58.2 Å². The number of hydrogen-bond acceptors (Lipinski definition) is 0. The van der Waals surface area contributed by atoms with Gasteiger partial charge in [-0.3, -0.25) is 0 Å². The molecule has 0 aliphatic carbocycles. The van der Waals surface area contributed by atoms with Crippen molar-refractivity contribution in [1.29, 1.82) is 0 Å². The molecule has 0 aromatic rings. The largest absolute Gasteiger partial charge is 0 e. The second kappa shape index (κ2) is 16.0. The molecule has 0 spiro atoms. The minimum Gasteiger partial charge on any atom is 0 e. The molecule has 0 heterocycles. The van der Waals surface area contributed by atoms with Gasteiger partial charge in [0, 0.05) is 40.8 Å². The molecule has 0 radical (unpaired) electrons. The minimum atomic E-state index is 0. The molecule has 0 amide bonds. The Morgan fingerprint density at radius 2 is 1.25 bits per heavy atom. The van der Waals surface area contributed by atoms with Crippen molar-refractivity contribution in [3.05, 3.63) is 0 Å². The van der Waals surface area contributed by atoms with Crippen LogP contribution < -0.4 is 0 Å². The van der Waals surface area contributed by atoms with Gasteiger partial charge in [0.05, 0.1) is 0 Å². The average molecular weight is 319 g/mol. The van der Waals surface area contributed by atoms with Crippen molar-refractivity contribution in [2.24, 2.45) is 0 Å². The zero-order valence-corrected chi connectivity index (χ0v) is 8.58. The summed E-state index contributed by atoms with van der Waals surface area (Å²) in [4.78, 5) is 0. The molecule has 0 N–H and O–H groups in total. The van der Waals surface area contributed by atoms with E-state index in [1.54, 1.807) is 0 Å². The van der Waals surface area contributed by atoms with Crippen LogP contribution in [0.2, 0.25) is 0 Å². The summed E-state index contributed by atoms with van der Waals surface area (Å²) >= 11 is 1.10. The maximum atomic E-state index is 3.38. The van der Waals surface area contributed by atoms with Gasteiger partial charge in [0.2, 0.25) is 0 Å². The zero-order chi connectivity index (χ0) is 2.00. The third-order valence-corrected chi connectivity index (χ3v) is 0. The number of rotatable bonds is 0. The van der Waals surface area contributed by atoms with E-state index < -0.39 is 0 Å². The van der Waals surface area contributed by atoms with Crippen LogP contribution in [0.25, 0.3) is 0 Å². The molecule has 0 aromatic heterocycles. The Hall–Kier alpha value is 3.51. The Bertz CT molecular complexity index is 8.00. The van der Waals surface area contributed by atoms with Gasteiger partial charge in [0.1, 0.15) is 0 Å². The van der Waals surface area contributed by atoms with Crippen molar-refractivity contribution < 1.29 is 80.0 Å². The first-order valence-corrected chi connectivity index (χ1v) is 4.98. The van der Waals surface area contributed by atoms with Gasteiger partial charge in [-0.2, -0.15) is 0 Å². The summed E-state index contributed by atoms with van der Waals surface area (Å²) in [5.74, 6) is 0. The fourth-order valence-electron chi connectivity index (χ4n) is 0. The van der Waals surface area contributed by atoms with E-state index in [9.17, 15) is 0 Å². The second-order valence-corrected chi connectivity index (χ2v) is 0. The Balaban J connectivity index is -0.00000000500. The van der Waals surface area contributed by atoms with Gasteiger partial charge in [-0.25, -0.2) is 0 Å². The summed E-state index contributed by atoms with van der Waals surface area (Å²) in [5.41, 5.74) is 0. The Labute approximate surface area is 94.6 Å². The minimum absolute atomic E-state index is 0. The van der Waals surface area contributed by atoms with Crippen molar-refractivity contribution in [3.8, 4) is 0 Å². The Morgan fingerprint density at radius 1 is 1.25 bits per heavy atom. The predicted octanol–water partition coefficient (Wildman–Crippen LogP) is -1.19. The summed E-state index contributed by atoms with van der Waals surface area (Å²) in [6, 6.07) is 0. The van der Waals surface area contributed by atoms with Gasteiger partial charge >= 0.3 is 39.1 Å². The van der Waals surface area contributed by atoms with Gasteiger partial charge in [-0.15, -0.1) is 0 Å². The van der Waals surface area contributed by atoms with Gasteiger partial charge in [0.25, 0.3) is 0 Å². The Morgan fingerprint density at radius 3 is 1.25 bits per heavy atom. The molecule has 0 aromatic carbocycles. The molecule has 0 rings (SSSR count). The molecule has 4 heavy (non-hydrogen) atoms. The molecule has 0 aliphatic rings. The average Bonchev–Trinajstić information content (AvgIpc) is 1.00. The molecule has 0 bridgehead atoms. The first kappa shape index (κ1) is 15.6. The van der Waals surface area contributed by atoms with Crippen LogP contribution in [0.1, 0.15) is 0 Å². The molecule has 4 heteroatoms. The molecule has 0 nitrogen and oxygen atoms in total. The maximum Gasteiger partial charge on any atom is 0 e. The van der Waals surface area contributed by atoms with Crippen molar-refractivity contribution in [2.45, 2.75) is 0 Å². The molecule has 0 unspecified atom stereocenters. The molecule has 0 saturated heterocycles. The van der Waals surface area contributed by atoms with Gasteiger partial charge in [0.15, 0.2) is 17.4 Å². The van der Waals surface area contributed by atoms with E-state index in [4.69, 9.17) is 0 Å². The van der Waals surface area contributed by atoms with Crippen molar-refractivity contribution >= 4 is 17.4 Å². The molecule has 0 aliphatic heterocycles. The van der Waals surface area contributed by atoms with Crippen LogP contribution in [0.4, 0.5) is 0 Å². The van der Waals surface area contributed by atoms with Crippen LogP contribution in [0.3, 0.4) is 0 Å². The summed E-state index contributed by atoms with van der Waals surface area (Å²) in [7, 11) is 3.38. The standard InChI is InChI=1S/Al.Fe.Nd.Y.3H. The molecule has 0 atom stereocenters. The van der Waals surface area contributed by atoms with Crippen LogP contribution in [0.15, 0.2) is 0 Å². The van der Waals surface area contributed by atoms with Crippen LogP contribution in [0, 0.1) is 40.8 Å². The van der Waals surface area contributed by atoms with Crippen molar-refractivity contribution in [2.75, 3.05) is 0 Å². The molecular formula is H3AlFeNdY. The van der Waals surface area contributed by atoms with Crippen LogP contribution in [-0.2, 0) is 39.1 Å². The smallest absolute Gasteiger partial charge is 0 e. The van der Waals surface area contributed by atoms with Crippen LogP contribution >= 0.6 is 0 Å². The normalized spacial score (nSPS) is 1.00. The SMILES string of the molecule is [AlH3].[Fe][Y].[Nd]. The fraction of sp³-hybridized carbons (Fsp3) is 0. The first-order chi connectivity index (χ1) is 1.00. The summed E-state index contributed by atoms with van der Waals surface area (Å²) in [6.07, 6.45) is 0. The second-order valence-electron chi connectivity index (χ2n) is 0. The monoisotopic (exact) mass is 317 g/mol. The zero-order valence-electron chi connectivity index (χ0n) is 1.43. The topological polar surface area (TPSA) is 0 Å². The van der Waals surface area contributed by atoms with Gasteiger partial charge < -0.3 is 0 Å². The summed E-state index contributed by atoms with van der Waals surface area (Å²) < 4.78 is 0. The van der Waals surface area contributed by atoms with E-state index in [2.05, 4.69) is 10.9 Å². The summed E-state index contributed by atoms with van der Waals surface area (Å²) in [5, 5.41) is 0. The maximum absolute atomic E-state index is 3.38. The third kappa shape index (κ3) is 9.10. The Kier molecular flexibility index (Phi) is 62.8. The van der Waals surface area contributed by atoms with E-state index >= 15 is 0 Å². The molecule has 0 saturated carbocycles. The predicted molar refractivity (Wildman–Crippen MR) is 9.94 cm³/mol. The van der Waals surface area contributed by atoms with Gasteiger partial charge in [-0.1, -0.05) is 0 Å². The van der Waals surface area contributed by atoms with E-state index in [1.807, 2.05) is 0 Å². The van der Waals surface area contributed by atoms with Crippen LogP contribution in [-0.4, -0.2) is 17.4 Å². The van der Waals surface area contributed by atoms with Crippen molar-refractivity contribution in [3.63, 3.8) is 0 Å².